The van der Waals surface area contributed by atoms with Crippen molar-refractivity contribution in [1.29, 1.82) is 0 Å². The van der Waals surface area contributed by atoms with Crippen molar-refractivity contribution < 1.29 is 4.39 Å². The minimum absolute atomic E-state index is 0.0469. The van der Waals surface area contributed by atoms with E-state index in [0.29, 0.717) is 6.54 Å². The Labute approximate surface area is 118 Å². The van der Waals surface area contributed by atoms with Crippen LogP contribution in [0.5, 0.6) is 0 Å². The lowest BCUT2D eigenvalue weighted by atomic mass is 9.88. The molecule has 0 aliphatic carbocycles. The lowest BCUT2D eigenvalue weighted by molar-refractivity contribution is 0.364. The standard InChI is InChI=1S/C15H19FN4/c1-15(7-8-19(2)10-15)14-17-11-18-20(14)9-12-3-5-13(16)6-4-12/h3-6,11H,7-10H2,1-2H3/t15-/m1/s1. The summed E-state index contributed by atoms with van der Waals surface area (Å²) in [6, 6.07) is 6.56. The van der Waals surface area contributed by atoms with Crippen molar-refractivity contribution in [2.75, 3.05) is 20.1 Å². The summed E-state index contributed by atoms with van der Waals surface area (Å²) in [6.07, 6.45) is 2.70. The SMILES string of the molecule is CN1CC[C@@](C)(c2ncnn2Cc2ccc(F)cc2)C1. The first kappa shape index (κ1) is 13.2. The summed E-state index contributed by atoms with van der Waals surface area (Å²) in [5, 5.41) is 4.34. The van der Waals surface area contributed by atoms with Crippen LogP contribution >= 0.6 is 0 Å². The number of nitrogens with zero attached hydrogens (tertiary/aromatic N) is 4. The lowest BCUT2D eigenvalue weighted by Crippen LogP contribution is -2.30. The topological polar surface area (TPSA) is 34.0 Å². The molecule has 0 radical (unpaired) electrons. The third kappa shape index (κ3) is 2.45. The van der Waals surface area contributed by atoms with Gasteiger partial charge in [0.15, 0.2) is 0 Å². The van der Waals surface area contributed by atoms with Crippen molar-refractivity contribution in [3.05, 3.63) is 47.8 Å². The van der Waals surface area contributed by atoms with Crippen LogP contribution < -0.4 is 0 Å². The molecule has 1 aromatic heterocycles. The van der Waals surface area contributed by atoms with Crippen LogP contribution in [0.15, 0.2) is 30.6 Å². The van der Waals surface area contributed by atoms with Gasteiger partial charge < -0.3 is 4.90 Å². The predicted molar refractivity (Wildman–Crippen MR) is 75.0 cm³/mol. The second-order valence-electron chi connectivity index (χ2n) is 5.92. The highest BCUT2D eigenvalue weighted by Gasteiger charge is 2.37. The molecule has 1 saturated heterocycles. The zero-order valence-corrected chi connectivity index (χ0v) is 11.9. The van der Waals surface area contributed by atoms with Gasteiger partial charge in [-0.15, -0.1) is 0 Å². The quantitative estimate of drug-likeness (QED) is 0.859. The van der Waals surface area contributed by atoms with Crippen molar-refractivity contribution in [2.24, 2.45) is 0 Å². The van der Waals surface area contributed by atoms with Gasteiger partial charge in [0, 0.05) is 12.0 Å². The van der Waals surface area contributed by atoms with Crippen LogP contribution in [0.1, 0.15) is 24.7 Å². The summed E-state index contributed by atoms with van der Waals surface area (Å²) in [4.78, 5) is 6.79. The summed E-state index contributed by atoms with van der Waals surface area (Å²) in [6.45, 7) is 4.95. The molecule has 0 bridgehead atoms. The predicted octanol–water partition coefficient (Wildman–Crippen LogP) is 2.06. The summed E-state index contributed by atoms with van der Waals surface area (Å²) in [5.41, 5.74) is 1.08. The maximum atomic E-state index is 13.0. The zero-order valence-electron chi connectivity index (χ0n) is 11.9. The highest BCUT2D eigenvalue weighted by atomic mass is 19.1. The van der Waals surface area contributed by atoms with Crippen LogP contribution in [0.25, 0.3) is 0 Å². The molecule has 20 heavy (non-hydrogen) atoms. The zero-order chi connectivity index (χ0) is 14.2. The van der Waals surface area contributed by atoms with Gasteiger partial charge in [-0.2, -0.15) is 5.10 Å². The Kier molecular flexibility index (Phi) is 3.30. The summed E-state index contributed by atoms with van der Waals surface area (Å²) >= 11 is 0. The van der Waals surface area contributed by atoms with Gasteiger partial charge in [0.1, 0.15) is 18.0 Å². The molecular formula is C15H19FN4. The lowest BCUT2D eigenvalue weighted by Gasteiger charge is -2.23. The van der Waals surface area contributed by atoms with Crippen LogP contribution in [-0.2, 0) is 12.0 Å². The van der Waals surface area contributed by atoms with Crippen LogP contribution in [0, 0.1) is 5.82 Å². The first-order valence-corrected chi connectivity index (χ1v) is 6.88. The van der Waals surface area contributed by atoms with E-state index in [2.05, 4.69) is 29.0 Å². The Morgan fingerprint density at radius 2 is 2.05 bits per heavy atom. The molecule has 0 amide bonds. The average molecular weight is 274 g/mol. The maximum absolute atomic E-state index is 13.0. The Morgan fingerprint density at radius 1 is 1.30 bits per heavy atom. The number of hydrogen-bond acceptors (Lipinski definition) is 3. The van der Waals surface area contributed by atoms with Gasteiger partial charge in [0.25, 0.3) is 0 Å². The van der Waals surface area contributed by atoms with Gasteiger partial charge in [-0.05, 0) is 37.7 Å². The van der Waals surface area contributed by atoms with E-state index in [1.165, 1.54) is 12.1 Å². The molecule has 106 valence electrons. The number of halogens is 1. The average Bonchev–Trinajstić information content (AvgIpc) is 3.00. The molecule has 1 atom stereocenters. The van der Waals surface area contributed by atoms with E-state index in [0.717, 1.165) is 30.9 Å². The van der Waals surface area contributed by atoms with Gasteiger partial charge in [0.2, 0.25) is 0 Å². The molecule has 1 fully saturated rings. The molecule has 1 aliphatic rings. The minimum atomic E-state index is -0.211. The molecule has 4 nitrogen and oxygen atoms in total. The number of likely N-dealkylation sites (tertiary alicyclic amines) is 1. The fourth-order valence-electron chi connectivity index (χ4n) is 2.98. The summed E-state index contributed by atoms with van der Waals surface area (Å²) in [5.74, 6) is 0.808. The number of aromatic nitrogens is 3. The normalized spacial score (nSPS) is 23.4. The van der Waals surface area contributed by atoms with Gasteiger partial charge in [0.05, 0.1) is 6.54 Å². The highest BCUT2D eigenvalue weighted by molar-refractivity contribution is 5.18. The molecule has 0 unspecified atom stereocenters. The molecule has 5 heteroatoms. The van der Waals surface area contributed by atoms with Crippen LogP contribution in [-0.4, -0.2) is 39.8 Å². The molecule has 1 aromatic carbocycles. The largest absolute Gasteiger partial charge is 0.305 e. The van der Waals surface area contributed by atoms with Crippen molar-refractivity contribution in [2.45, 2.75) is 25.3 Å². The second kappa shape index (κ2) is 4.98. The van der Waals surface area contributed by atoms with Crippen molar-refractivity contribution in [3.8, 4) is 0 Å². The van der Waals surface area contributed by atoms with E-state index in [4.69, 9.17) is 0 Å². The Bertz CT molecular complexity index is 592. The first-order valence-electron chi connectivity index (χ1n) is 6.88. The third-order valence-electron chi connectivity index (χ3n) is 4.07. The molecular weight excluding hydrogens is 255 g/mol. The number of likely N-dealkylation sites (N-methyl/N-ethyl adjacent to an activating group) is 1. The van der Waals surface area contributed by atoms with E-state index in [9.17, 15) is 4.39 Å². The number of rotatable bonds is 3. The molecule has 0 saturated carbocycles. The van der Waals surface area contributed by atoms with Crippen LogP contribution in [0.4, 0.5) is 4.39 Å². The van der Waals surface area contributed by atoms with E-state index in [1.807, 2.05) is 4.68 Å². The molecule has 2 heterocycles. The van der Waals surface area contributed by atoms with Gasteiger partial charge in [-0.1, -0.05) is 19.1 Å². The fraction of sp³-hybridized carbons (Fsp3) is 0.467. The Balaban J connectivity index is 1.85. The van der Waals surface area contributed by atoms with Crippen LogP contribution in [0.2, 0.25) is 0 Å². The van der Waals surface area contributed by atoms with Crippen LogP contribution in [0.3, 0.4) is 0 Å². The molecule has 0 N–H and O–H groups in total. The number of hydrogen-bond donors (Lipinski definition) is 0. The van der Waals surface area contributed by atoms with E-state index >= 15 is 0 Å². The first-order chi connectivity index (χ1) is 9.57. The molecule has 2 aromatic rings. The van der Waals surface area contributed by atoms with E-state index in [1.54, 1.807) is 18.5 Å². The van der Waals surface area contributed by atoms with Crippen molar-refractivity contribution in [1.82, 2.24) is 19.7 Å². The molecule has 3 rings (SSSR count). The van der Waals surface area contributed by atoms with Crippen molar-refractivity contribution >= 4 is 0 Å². The van der Waals surface area contributed by atoms with Gasteiger partial charge in [-0.25, -0.2) is 14.1 Å². The monoisotopic (exact) mass is 274 g/mol. The Morgan fingerprint density at radius 3 is 2.70 bits per heavy atom. The minimum Gasteiger partial charge on any atom is -0.305 e. The summed E-state index contributed by atoms with van der Waals surface area (Å²) < 4.78 is 14.9. The number of benzene rings is 1. The smallest absolute Gasteiger partial charge is 0.138 e. The van der Waals surface area contributed by atoms with Gasteiger partial charge >= 0.3 is 0 Å². The van der Waals surface area contributed by atoms with E-state index in [-0.39, 0.29) is 11.2 Å². The third-order valence-corrected chi connectivity index (χ3v) is 4.07. The molecule has 1 aliphatic heterocycles. The van der Waals surface area contributed by atoms with Crippen molar-refractivity contribution in [3.63, 3.8) is 0 Å². The van der Waals surface area contributed by atoms with E-state index < -0.39 is 0 Å². The Hall–Kier alpha value is -1.75. The molecule has 0 spiro atoms. The maximum Gasteiger partial charge on any atom is 0.138 e. The van der Waals surface area contributed by atoms with Gasteiger partial charge in [-0.3, -0.25) is 0 Å². The summed E-state index contributed by atoms with van der Waals surface area (Å²) in [7, 11) is 2.13. The highest BCUT2D eigenvalue weighted by Crippen LogP contribution is 2.32. The second-order valence-corrected chi connectivity index (χ2v) is 5.92. The fourth-order valence-corrected chi connectivity index (χ4v) is 2.98.